The Morgan fingerprint density at radius 1 is 1.20 bits per heavy atom. The molecule has 1 aliphatic rings. The molecule has 2 atom stereocenters. The Hall–Kier alpha value is -2.16. The number of benzene rings is 1. The van der Waals surface area contributed by atoms with Crippen molar-refractivity contribution in [1.29, 1.82) is 0 Å². The molecule has 2 heterocycles. The van der Waals surface area contributed by atoms with Crippen LogP contribution in [0.3, 0.4) is 0 Å². The lowest BCUT2D eigenvalue weighted by Gasteiger charge is -2.19. The minimum atomic E-state index is 0.136. The number of hydrogen-bond donors (Lipinski definition) is 1. The van der Waals surface area contributed by atoms with Gasteiger partial charge in [0.1, 0.15) is 0 Å². The van der Waals surface area contributed by atoms with E-state index in [0.29, 0.717) is 6.42 Å². The number of carbonyl (C=O) groups excluding carboxylic acids is 1. The van der Waals surface area contributed by atoms with Gasteiger partial charge in [-0.05, 0) is 30.5 Å². The molecule has 0 spiro atoms. The van der Waals surface area contributed by atoms with Crippen molar-refractivity contribution in [3.05, 3.63) is 65.5 Å². The van der Waals surface area contributed by atoms with E-state index in [1.165, 1.54) is 5.56 Å². The van der Waals surface area contributed by atoms with Crippen LogP contribution in [0.25, 0.3) is 0 Å². The van der Waals surface area contributed by atoms with Crippen molar-refractivity contribution in [3.8, 4) is 0 Å². The third-order valence-corrected chi connectivity index (χ3v) is 3.90. The van der Waals surface area contributed by atoms with E-state index in [4.69, 9.17) is 0 Å². The first-order valence-electron chi connectivity index (χ1n) is 6.98. The zero-order chi connectivity index (χ0) is 13.9. The summed E-state index contributed by atoms with van der Waals surface area (Å²) in [6, 6.07) is 14.6. The molecule has 1 saturated heterocycles. The fourth-order valence-electron chi connectivity index (χ4n) is 2.82. The molecular weight excluding hydrogens is 248 g/mol. The Bertz CT molecular complexity index is 592. The Labute approximate surface area is 119 Å². The molecule has 0 bridgehead atoms. The molecule has 102 valence electrons. The quantitative estimate of drug-likeness (QED) is 0.928. The lowest BCUT2D eigenvalue weighted by molar-refractivity contribution is -0.119. The van der Waals surface area contributed by atoms with Crippen molar-refractivity contribution in [2.24, 2.45) is 0 Å². The maximum absolute atomic E-state index is 11.8. The van der Waals surface area contributed by atoms with Crippen LogP contribution in [0.15, 0.2) is 48.7 Å². The number of amides is 1. The van der Waals surface area contributed by atoms with Crippen LogP contribution in [0.2, 0.25) is 0 Å². The minimum absolute atomic E-state index is 0.136. The first-order chi connectivity index (χ1) is 9.72. The minimum Gasteiger partial charge on any atom is -0.352 e. The van der Waals surface area contributed by atoms with E-state index in [0.717, 1.165) is 17.7 Å². The molecule has 1 aromatic carbocycles. The fourth-order valence-corrected chi connectivity index (χ4v) is 2.82. The van der Waals surface area contributed by atoms with Crippen LogP contribution in [-0.2, 0) is 11.2 Å². The number of nitrogens with one attached hydrogen (secondary N) is 1. The Balaban J connectivity index is 1.81. The van der Waals surface area contributed by atoms with Crippen LogP contribution in [0, 0.1) is 6.92 Å². The number of aromatic nitrogens is 1. The summed E-state index contributed by atoms with van der Waals surface area (Å²) >= 11 is 0. The van der Waals surface area contributed by atoms with Gasteiger partial charge in [0, 0.05) is 30.3 Å². The second-order valence-corrected chi connectivity index (χ2v) is 5.41. The highest BCUT2D eigenvalue weighted by Gasteiger charge is 2.33. The number of rotatable bonds is 3. The summed E-state index contributed by atoms with van der Waals surface area (Å²) in [4.78, 5) is 16.1. The van der Waals surface area contributed by atoms with Crippen LogP contribution < -0.4 is 5.32 Å². The first-order valence-corrected chi connectivity index (χ1v) is 6.98. The predicted octanol–water partition coefficient (Wildman–Crippen LogP) is 2.60. The van der Waals surface area contributed by atoms with Crippen LogP contribution in [0.1, 0.15) is 29.2 Å². The monoisotopic (exact) mass is 266 g/mol. The molecule has 3 nitrogen and oxygen atoms in total. The van der Waals surface area contributed by atoms with Crippen LogP contribution in [0.5, 0.6) is 0 Å². The van der Waals surface area contributed by atoms with Gasteiger partial charge in [0.15, 0.2) is 0 Å². The first kappa shape index (κ1) is 12.9. The molecule has 2 unspecified atom stereocenters. The molecule has 1 N–H and O–H groups in total. The molecule has 1 amide bonds. The number of aryl methyl sites for hydroxylation is 1. The smallest absolute Gasteiger partial charge is 0.220 e. The molecule has 3 heteroatoms. The lowest BCUT2D eigenvalue weighted by atomic mass is 9.89. The molecule has 1 aliphatic heterocycles. The maximum Gasteiger partial charge on any atom is 0.220 e. The van der Waals surface area contributed by atoms with Gasteiger partial charge < -0.3 is 5.32 Å². The van der Waals surface area contributed by atoms with Gasteiger partial charge in [-0.3, -0.25) is 9.78 Å². The fraction of sp³-hybridized carbons (Fsp3) is 0.294. The molecule has 2 aromatic rings. The molecule has 0 radical (unpaired) electrons. The Kier molecular flexibility index (Phi) is 3.50. The van der Waals surface area contributed by atoms with E-state index in [2.05, 4.69) is 28.5 Å². The summed E-state index contributed by atoms with van der Waals surface area (Å²) in [6.45, 7) is 1.98. The number of nitrogens with zero attached hydrogens (tertiary/aromatic N) is 1. The van der Waals surface area contributed by atoms with Crippen molar-refractivity contribution in [1.82, 2.24) is 10.3 Å². The highest BCUT2D eigenvalue weighted by molar-refractivity contribution is 5.80. The summed E-state index contributed by atoms with van der Waals surface area (Å²) in [5.41, 5.74) is 3.41. The lowest BCUT2D eigenvalue weighted by Crippen LogP contribution is -2.30. The summed E-state index contributed by atoms with van der Waals surface area (Å²) < 4.78 is 0. The molecule has 3 rings (SSSR count). The highest BCUT2D eigenvalue weighted by Crippen LogP contribution is 2.30. The van der Waals surface area contributed by atoms with Gasteiger partial charge in [0.2, 0.25) is 5.91 Å². The van der Waals surface area contributed by atoms with Gasteiger partial charge in [-0.25, -0.2) is 0 Å². The van der Waals surface area contributed by atoms with Gasteiger partial charge in [0.05, 0.1) is 0 Å². The zero-order valence-electron chi connectivity index (χ0n) is 11.5. The van der Waals surface area contributed by atoms with Crippen LogP contribution in [0.4, 0.5) is 0 Å². The molecule has 20 heavy (non-hydrogen) atoms. The topological polar surface area (TPSA) is 42.0 Å². The molecule has 0 saturated carbocycles. The zero-order valence-corrected chi connectivity index (χ0v) is 11.5. The van der Waals surface area contributed by atoms with Crippen molar-refractivity contribution in [3.63, 3.8) is 0 Å². The molecular formula is C17H18N2O. The maximum atomic E-state index is 11.8. The summed E-state index contributed by atoms with van der Waals surface area (Å²) in [6.07, 6.45) is 3.33. The average Bonchev–Trinajstić information content (AvgIpc) is 2.81. The van der Waals surface area contributed by atoms with E-state index < -0.39 is 0 Å². The standard InChI is InChI=1S/C17H18N2O/c1-12-7-8-14(11-18-12)15-10-17(20)19-16(15)9-13-5-3-2-4-6-13/h2-8,11,15-16H,9-10H2,1H3,(H,19,20). The van der Waals surface area contributed by atoms with Gasteiger partial charge in [-0.1, -0.05) is 36.4 Å². The Morgan fingerprint density at radius 2 is 2.00 bits per heavy atom. The molecule has 0 aliphatic carbocycles. The Morgan fingerprint density at radius 3 is 2.70 bits per heavy atom. The second kappa shape index (κ2) is 5.45. The van der Waals surface area contributed by atoms with Crippen molar-refractivity contribution in [2.45, 2.75) is 31.7 Å². The predicted molar refractivity (Wildman–Crippen MR) is 78.4 cm³/mol. The molecule has 1 fully saturated rings. The van der Waals surface area contributed by atoms with Gasteiger partial charge >= 0.3 is 0 Å². The summed E-state index contributed by atoms with van der Waals surface area (Å²) in [7, 11) is 0. The van der Waals surface area contributed by atoms with Gasteiger partial charge in [0.25, 0.3) is 0 Å². The molecule has 1 aromatic heterocycles. The van der Waals surface area contributed by atoms with E-state index >= 15 is 0 Å². The van der Waals surface area contributed by atoms with Crippen molar-refractivity contribution >= 4 is 5.91 Å². The number of pyridine rings is 1. The van der Waals surface area contributed by atoms with Gasteiger partial charge in [-0.15, -0.1) is 0 Å². The SMILES string of the molecule is Cc1ccc(C2CC(=O)NC2Cc2ccccc2)cn1. The largest absolute Gasteiger partial charge is 0.352 e. The highest BCUT2D eigenvalue weighted by atomic mass is 16.2. The van der Waals surface area contributed by atoms with Crippen LogP contribution >= 0.6 is 0 Å². The average molecular weight is 266 g/mol. The van der Waals surface area contributed by atoms with E-state index in [1.54, 1.807) is 0 Å². The third kappa shape index (κ3) is 2.72. The summed E-state index contributed by atoms with van der Waals surface area (Å²) in [5.74, 6) is 0.354. The second-order valence-electron chi connectivity index (χ2n) is 5.41. The third-order valence-electron chi connectivity index (χ3n) is 3.90. The number of hydrogen-bond acceptors (Lipinski definition) is 2. The number of carbonyl (C=O) groups is 1. The summed E-state index contributed by atoms with van der Waals surface area (Å²) in [5, 5.41) is 3.10. The van der Waals surface area contributed by atoms with E-state index in [-0.39, 0.29) is 17.9 Å². The normalized spacial score (nSPS) is 21.8. The van der Waals surface area contributed by atoms with E-state index in [9.17, 15) is 4.79 Å². The van der Waals surface area contributed by atoms with E-state index in [1.807, 2.05) is 37.4 Å². The van der Waals surface area contributed by atoms with Crippen molar-refractivity contribution < 1.29 is 4.79 Å². The van der Waals surface area contributed by atoms with Gasteiger partial charge in [-0.2, -0.15) is 0 Å². The van der Waals surface area contributed by atoms with Crippen LogP contribution in [-0.4, -0.2) is 16.9 Å². The van der Waals surface area contributed by atoms with Crippen molar-refractivity contribution in [2.75, 3.05) is 0 Å².